The number of hydrogen-bond donors (Lipinski definition) is 1. The van der Waals surface area contributed by atoms with Crippen LogP contribution in [-0.2, 0) is 4.74 Å². The molecule has 0 radical (unpaired) electrons. The van der Waals surface area contributed by atoms with Gasteiger partial charge in [0.2, 0.25) is 0 Å². The minimum Gasteiger partial charge on any atom is -0.376 e. The van der Waals surface area contributed by atoms with Crippen LogP contribution >= 0.6 is 0 Å². The number of aromatic amines is 1. The van der Waals surface area contributed by atoms with E-state index in [1.165, 1.54) is 0 Å². The van der Waals surface area contributed by atoms with Crippen LogP contribution in [0.5, 0.6) is 0 Å². The van der Waals surface area contributed by atoms with Crippen molar-refractivity contribution in [1.82, 2.24) is 20.0 Å². The van der Waals surface area contributed by atoms with Gasteiger partial charge in [-0.2, -0.15) is 5.10 Å². The van der Waals surface area contributed by atoms with Gasteiger partial charge in [-0.15, -0.1) is 0 Å². The van der Waals surface area contributed by atoms with Crippen molar-refractivity contribution in [2.45, 2.75) is 51.7 Å². The van der Waals surface area contributed by atoms with Gasteiger partial charge in [-0.1, -0.05) is 13.8 Å². The van der Waals surface area contributed by atoms with Crippen molar-refractivity contribution < 1.29 is 9.53 Å². The largest absolute Gasteiger partial charge is 0.376 e. The number of aromatic nitrogens is 2. The number of carbonyl (C=O) groups is 1. The maximum Gasteiger partial charge on any atom is 0.274 e. The Balaban J connectivity index is 1.54. The Hall–Kier alpha value is -1.40. The van der Waals surface area contributed by atoms with Crippen molar-refractivity contribution in [1.29, 1.82) is 0 Å². The van der Waals surface area contributed by atoms with Crippen LogP contribution in [0.3, 0.4) is 0 Å². The number of hydrogen-bond acceptors (Lipinski definition) is 4. The number of likely N-dealkylation sites (tertiary alicyclic amines) is 1. The van der Waals surface area contributed by atoms with Gasteiger partial charge in [-0.25, -0.2) is 0 Å². The molecule has 3 rings (SSSR count). The van der Waals surface area contributed by atoms with E-state index in [1.807, 2.05) is 11.0 Å². The van der Waals surface area contributed by atoms with Crippen LogP contribution in [0.15, 0.2) is 6.07 Å². The van der Waals surface area contributed by atoms with E-state index in [0.29, 0.717) is 23.8 Å². The Labute approximate surface area is 138 Å². The monoisotopic (exact) mass is 320 g/mol. The molecule has 1 atom stereocenters. The fourth-order valence-corrected chi connectivity index (χ4v) is 3.52. The zero-order chi connectivity index (χ0) is 16.4. The standard InChI is InChI=1S/C17H28N4O2/c1-12(2)15-10-16(19-18-15)17(22)20-6-4-14(5-7-20)21-8-9-23-13(3)11-21/h10,12-14H,4-9,11H2,1-3H3,(H,18,19)/t13-/m0/s1. The van der Waals surface area contributed by atoms with Crippen molar-refractivity contribution in [3.8, 4) is 0 Å². The Morgan fingerprint density at radius 2 is 2.09 bits per heavy atom. The van der Waals surface area contributed by atoms with Gasteiger partial charge in [0, 0.05) is 37.9 Å². The van der Waals surface area contributed by atoms with Crippen LogP contribution in [0.2, 0.25) is 0 Å². The Morgan fingerprint density at radius 3 is 2.70 bits per heavy atom. The zero-order valence-corrected chi connectivity index (χ0v) is 14.4. The molecule has 0 bridgehead atoms. The molecule has 0 saturated carbocycles. The quantitative estimate of drug-likeness (QED) is 0.923. The molecular formula is C17H28N4O2. The summed E-state index contributed by atoms with van der Waals surface area (Å²) in [6, 6.07) is 2.47. The first kappa shape index (κ1) is 16.5. The van der Waals surface area contributed by atoms with Gasteiger partial charge < -0.3 is 9.64 Å². The van der Waals surface area contributed by atoms with E-state index in [4.69, 9.17) is 4.74 Å². The minimum atomic E-state index is 0.0574. The summed E-state index contributed by atoms with van der Waals surface area (Å²) in [6.45, 7) is 10.8. The summed E-state index contributed by atoms with van der Waals surface area (Å²) in [7, 11) is 0. The maximum absolute atomic E-state index is 12.6. The van der Waals surface area contributed by atoms with Crippen molar-refractivity contribution in [2.24, 2.45) is 0 Å². The molecule has 1 aromatic heterocycles. The third-order valence-corrected chi connectivity index (χ3v) is 4.98. The molecule has 6 nitrogen and oxygen atoms in total. The van der Waals surface area contributed by atoms with Gasteiger partial charge in [-0.3, -0.25) is 14.8 Å². The van der Waals surface area contributed by atoms with Gasteiger partial charge in [0.05, 0.1) is 12.7 Å². The Bertz CT molecular complexity index is 534. The van der Waals surface area contributed by atoms with Crippen LogP contribution < -0.4 is 0 Å². The number of nitrogens with zero attached hydrogens (tertiary/aromatic N) is 3. The number of rotatable bonds is 3. The first-order valence-electron chi connectivity index (χ1n) is 8.75. The summed E-state index contributed by atoms with van der Waals surface area (Å²) in [4.78, 5) is 17.1. The van der Waals surface area contributed by atoms with Crippen LogP contribution in [0.4, 0.5) is 0 Å². The molecule has 2 aliphatic heterocycles. The van der Waals surface area contributed by atoms with E-state index in [1.54, 1.807) is 0 Å². The minimum absolute atomic E-state index is 0.0574. The predicted octanol–water partition coefficient (Wildman–Crippen LogP) is 1.86. The Kier molecular flexibility index (Phi) is 5.02. The topological polar surface area (TPSA) is 61.5 Å². The van der Waals surface area contributed by atoms with E-state index in [9.17, 15) is 4.79 Å². The maximum atomic E-state index is 12.6. The first-order valence-corrected chi connectivity index (χ1v) is 8.75. The van der Waals surface area contributed by atoms with Crippen LogP contribution in [0.25, 0.3) is 0 Å². The molecule has 1 amide bonds. The van der Waals surface area contributed by atoms with Crippen molar-refractivity contribution in [3.63, 3.8) is 0 Å². The van der Waals surface area contributed by atoms with E-state index in [2.05, 4.69) is 35.9 Å². The summed E-state index contributed by atoms with van der Waals surface area (Å²) in [5.41, 5.74) is 1.57. The first-order chi connectivity index (χ1) is 11.0. The molecule has 2 fully saturated rings. The average molecular weight is 320 g/mol. The summed E-state index contributed by atoms with van der Waals surface area (Å²) < 4.78 is 5.62. The summed E-state index contributed by atoms with van der Waals surface area (Å²) in [6.07, 6.45) is 2.40. The zero-order valence-electron chi connectivity index (χ0n) is 14.4. The summed E-state index contributed by atoms with van der Waals surface area (Å²) in [5, 5.41) is 7.16. The second-order valence-corrected chi connectivity index (χ2v) is 7.06. The molecule has 2 saturated heterocycles. The van der Waals surface area contributed by atoms with Gasteiger partial charge >= 0.3 is 0 Å². The molecule has 2 aliphatic rings. The average Bonchev–Trinajstić information content (AvgIpc) is 3.04. The predicted molar refractivity (Wildman–Crippen MR) is 88.6 cm³/mol. The number of carbonyl (C=O) groups excluding carboxylic acids is 1. The van der Waals surface area contributed by atoms with Gasteiger partial charge in [0.15, 0.2) is 0 Å². The van der Waals surface area contributed by atoms with Crippen molar-refractivity contribution in [2.75, 3.05) is 32.8 Å². The highest BCUT2D eigenvalue weighted by atomic mass is 16.5. The number of nitrogens with one attached hydrogen (secondary N) is 1. The molecule has 3 heterocycles. The third kappa shape index (κ3) is 3.75. The fraction of sp³-hybridized carbons (Fsp3) is 0.765. The highest BCUT2D eigenvalue weighted by Gasteiger charge is 2.30. The second kappa shape index (κ2) is 7.01. The molecule has 23 heavy (non-hydrogen) atoms. The van der Waals surface area contributed by atoms with Gasteiger partial charge in [0.1, 0.15) is 5.69 Å². The second-order valence-electron chi connectivity index (χ2n) is 7.06. The molecule has 1 aromatic rings. The SMILES string of the molecule is CC(C)c1cc(C(=O)N2CCC(N3CCO[C@@H](C)C3)CC2)n[nH]1. The molecule has 0 aromatic carbocycles. The van der Waals surface area contributed by atoms with Crippen LogP contribution in [-0.4, -0.2) is 70.8 Å². The third-order valence-electron chi connectivity index (χ3n) is 4.98. The van der Waals surface area contributed by atoms with Crippen LogP contribution in [0, 0.1) is 0 Å². The highest BCUT2D eigenvalue weighted by molar-refractivity contribution is 5.92. The lowest BCUT2D eigenvalue weighted by molar-refractivity contribution is -0.0424. The van der Waals surface area contributed by atoms with E-state index in [-0.39, 0.29) is 5.91 Å². The number of amides is 1. The molecule has 128 valence electrons. The Morgan fingerprint density at radius 1 is 1.35 bits per heavy atom. The van der Waals surface area contributed by atoms with E-state index in [0.717, 1.165) is 51.3 Å². The molecule has 0 unspecified atom stereocenters. The smallest absolute Gasteiger partial charge is 0.274 e. The number of ether oxygens (including phenoxy) is 1. The van der Waals surface area contributed by atoms with Gasteiger partial charge in [-0.05, 0) is 31.7 Å². The summed E-state index contributed by atoms with van der Waals surface area (Å²) >= 11 is 0. The molecular weight excluding hydrogens is 292 g/mol. The molecule has 0 spiro atoms. The van der Waals surface area contributed by atoms with E-state index < -0.39 is 0 Å². The van der Waals surface area contributed by atoms with Gasteiger partial charge in [0.25, 0.3) is 5.91 Å². The summed E-state index contributed by atoms with van der Waals surface area (Å²) in [5.74, 6) is 0.417. The lowest BCUT2D eigenvalue weighted by Crippen LogP contribution is -2.51. The molecule has 0 aliphatic carbocycles. The number of piperidine rings is 1. The van der Waals surface area contributed by atoms with Crippen molar-refractivity contribution >= 4 is 5.91 Å². The lowest BCUT2D eigenvalue weighted by Gasteiger charge is -2.41. The van der Waals surface area contributed by atoms with Crippen LogP contribution in [0.1, 0.15) is 55.7 Å². The normalized spacial score (nSPS) is 24.3. The molecule has 6 heteroatoms. The van der Waals surface area contributed by atoms with E-state index >= 15 is 0 Å². The van der Waals surface area contributed by atoms with Crippen molar-refractivity contribution in [3.05, 3.63) is 17.5 Å². The number of morpholine rings is 1. The highest BCUT2D eigenvalue weighted by Crippen LogP contribution is 2.21. The molecule has 1 N–H and O–H groups in total. The fourth-order valence-electron chi connectivity index (χ4n) is 3.52. The lowest BCUT2D eigenvalue weighted by atomic mass is 10.0. The number of H-pyrrole nitrogens is 1.